The monoisotopic (exact) mass is 480 g/mol. The molecule has 2 atom stereocenters. The van der Waals surface area contributed by atoms with Crippen molar-refractivity contribution in [3.8, 4) is 17.2 Å². The lowest BCUT2D eigenvalue weighted by atomic mass is 9.94. The van der Waals surface area contributed by atoms with E-state index < -0.39 is 17.7 Å². The second-order valence-electron chi connectivity index (χ2n) is 9.26. The summed E-state index contributed by atoms with van der Waals surface area (Å²) in [6.07, 6.45) is 1.40. The van der Waals surface area contributed by atoms with Crippen molar-refractivity contribution in [3.63, 3.8) is 0 Å². The standard InChI is InChI=1S/C27H32N2O6/c1-5-34-22-15-17(7-9-20(22)30)24-23(26(32)27(33)29(24)12-6-11-28(3)4)25(31)18-8-10-21-19(14-18)13-16(2)35-21/h7-10,14-16,24,30-31H,5-6,11-13H2,1-4H3/b25-23+. The lowest BCUT2D eigenvalue weighted by Crippen LogP contribution is -2.32. The van der Waals surface area contributed by atoms with Crippen LogP contribution >= 0.6 is 0 Å². The number of benzene rings is 2. The molecular formula is C27H32N2O6. The first-order valence-electron chi connectivity index (χ1n) is 11.9. The number of amides is 1. The van der Waals surface area contributed by atoms with E-state index in [0.29, 0.717) is 37.1 Å². The van der Waals surface area contributed by atoms with Crippen molar-refractivity contribution in [1.82, 2.24) is 9.80 Å². The Hall–Kier alpha value is -3.52. The molecule has 0 aromatic heterocycles. The van der Waals surface area contributed by atoms with E-state index in [-0.39, 0.29) is 28.9 Å². The minimum absolute atomic E-state index is 0.0277. The number of aliphatic hydroxyl groups excluding tert-OH is 1. The average molecular weight is 481 g/mol. The van der Waals surface area contributed by atoms with Crippen LogP contribution < -0.4 is 9.47 Å². The third-order valence-electron chi connectivity index (χ3n) is 6.31. The smallest absolute Gasteiger partial charge is 0.295 e. The van der Waals surface area contributed by atoms with Gasteiger partial charge >= 0.3 is 0 Å². The number of phenolic OH excluding ortho intramolecular Hbond substituents is 1. The summed E-state index contributed by atoms with van der Waals surface area (Å²) < 4.78 is 11.3. The highest BCUT2D eigenvalue weighted by molar-refractivity contribution is 6.46. The van der Waals surface area contributed by atoms with Crippen molar-refractivity contribution in [1.29, 1.82) is 0 Å². The van der Waals surface area contributed by atoms with Gasteiger partial charge in [0.15, 0.2) is 11.5 Å². The molecule has 2 unspecified atom stereocenters. The molecule has 0 radical (unpaired) electrons. The number of phenols is 1. The maximum Gasteiger partial charge on any atom is 0.295 e. The molecule has 1 saturated heterocycles. The highest BCUT2D eigenvalue weighted by Gasteiger charge is 2.46. The van der Waals surface area contributed by atoms with Crippen LogP contribution in [0.3, 0.4) is 0 Å². The van der Waals surface area contributed by atoms with Gasteiger partial charge < -0.3 is 29.5 Å². The molecule has 2 aliphatic heterocycles. The topological polar surface area (TPSA) is 99.5 Å². The number of hydrogen-bond donors (Lipinski definition) is 2. The largest absolute Gasteiger partial charge is 0.507 e. The van der Waals surface area contributed by atoms with Crippen LogP contribution in [0.1, 0.15) is 43.0 Å². The Morgan fingerprint density at radius 3 is 2.69 bits per heavy atom. The number of likely N-dealkylation sites (tertiary alicyclic amines) is 1. The number of carbonyl (C=O) groups excluding carboxylic acids is 2. The van der Waals surface area contributed by atoms with Gasteiger partial charge in [0.25, 0.3) is 11.7 Å². The summed E-state index contributed by atoms with van der Waals surface area (Å²) in [5, 5.41) is 21.5. The number of nitrogens with zero attached hydrogens (tertiary/aromatic N) is 2. The fraction of sp³-hybridized carbons (Fsp3) is 0.407. The zero-order chi connectivity index (χ0) is 25.3. The summed E-state index contributed by atoms with van der Waals surface area (Å²) in [6.45, 7) is 5.19. The second kappa shape index (κ2) is 10.00. The van der Waals surface area contributed by atoms with E-state index in [1.165, 1.54) is 11.0 Å². The molecule has 2 aromatic carbocycles. The Bertz CT molecular complexity index is 1170. The molecular weight excluding hydrogens is 448 g/mol. The SMILES string of the molecule is CCOc1cc(C2/C(=C(\O)c3ccc4c(c3)CC(C)O4)C(=O)C(=O)N2CCCN(C)C)ccc1O. The molecule has 0 bridgehead atoms. The van der Waals surface area contributed by atoms with Crippen molar-refractivity contribution in [2.75, 3.05) is 33.8 Å². The summed E-state index contributed by atoms with van der Waals surface area (Å²) in [4.78, 5) is 29.9. The van der Waals surface area contributed by atoms with Crippen LogP contribution in [-0.2, 0) is 16.0 Å². The van der Waals surface area contributed by atoms with Gasteiger partial charge in [0, 0.05) is 18.5 Å². The zero-order valence-corrected chi connectivity index (χ0v) is 20.6. The van der Waals surface area contributed by atoms with Gasteiger partial charge in [-0.25, -0.2) is 0 Å². The van der Waals surface area contributed by atoms with E-state index >= 15 is 0 Å². The van der Waals surface area contributed by atoms with E-state index in [1.54, 1.807) is 31.2 Å². The van der Waals surface area contributed by atoms with Gasteiger partial charge in [-0.15, -0.1) is 0 Å². The number of Topliss-reactive ketones (excluding diaryl/α,β-unsaturated/α-hetero) is 1. The summed E-state index contributed by atoms with van der Waals surface area (Å²) in [5.74, 6) is -0.625. The molecule has 1 fully saturated rings. The van der Waals surface area contributed by atoms with Crippen LogP contribution in [0.4, 0.5) is 0 Å². The van der Waals surface area contributed by atoms with Gasteiger partial charge in [-0.1, -0.05) is 6.07 Å². The third-order valence-corrected chi connectivity index (χ3v) is 6.31. The van der Waals surface area contributed by atoms with E-state index in [4.69, 9.17) is 9.47 Å². The number of ether oxygens (including phenoxy) is 2. The lowest BCUT2D eigenvalue weighted by molar-refractivity contribution is -0.139. The minimum atomic E-state index is -0.805. The Morgan fingerprint density at radius 1 is 1.20 bits per heavy atom. The van der Waals surface area contributed by atoms with Gasteiger partial charge in [0.1, 0.15) is 17.6 Å². The Kier molecular flexibility index (Phi) is 7.03. The number of hydrogen-bond acceptors (Lipinski definition) is 7. The number of aliphatic hydroxyl groups is 1. The zero-order valence-electron chi connectivity index (χ0n) is 20.6. The first-order valence-corrected chi connectivity index (χ1v) is 11.9. The molecule has 8 heteroatoms. The molecule has 1 amide bonds. The van der Waals surface area contributed by atoms with E-state index in [9.17, 15) is 19.8 Å². The fourth-order valence-corrected chi connectivity index (χ4v) is 4.71. The van der Waals surface area contributed by atoms with E-state index in [0.717, 1.165) is 17.9 Å². The van der Waals surface area contributed by atoms with Crippen LogP contribution in [0.2, 0.25) is 0 Å². The summed E-state index contributed by atoms with van der Waals surface area (Å²) in [7, 11) is 3.89. The van der Waals surface area contributed by atoms with E-state index in [1.807, 2.05) is 32.0 Å². The maximum absolute atomic E-state index is 13.2. The number of ketones is 1. The first kappa shape index (κ1) is 24.6. The van der Waals surface area contributed by atoms with Gasteiger partial charge in [-0.2, -0.15) is 0 Å². The molecule has 35 heavy (non-hydrogen) atoms. The van der Waals surface area contributed by atoms with Gasteiger partial charge in [0.2, 0.25) is 0 Å². The normalized spacial score (nSPS) is 20.9. The molecule has 2 N–H and O–H groups in total. The Morgan fingerprint density at radius 2 is 1.97 bits per heavy atom. The fourth-order valence-electron chi connectivity index (χ4n) is 4.71. The van der Waals surface area contributed by atoms with E-state index in [2.05, 4.69) is 0 Å². The van der Waals surface area contributed by atoms with Crippen molar-refractivity contribution in [3.05, 3.63) is 58.7 Å². The molecule has 4 rings (SSSR count). The Labute approximate surface area is 205 Å². The predicted octanol–water partition coefficient (Wildman–Crippen LogP) is 3.49. The minimum Gasteiger partial charge on any atom is -0.507 e. The molecule has 186 valence electrons. The van der Waals surface area contributed by atoms with Crippen molar-refractivity contribution >= 4 is 17.4 Å². The number of rotatable bonds is 8. The molecule has 2 heterocycles. The number of carbonyl (C=O) groups is 2. The average Bonchev–Trinajstić information content (AvgIpc) is 3.31. The van der Waals surface area contributed by atoms with Crippen molar-refractivity contribution < 1.29 is 29.3 Å². The second-order valence-corrected chi connectivity index (χ2v) is 9.26. The van der Waals surface area contributed by atoms with Gasteiger partial charge in [0.05, 0.1) is 18.2 Å². The highest BCUT2D eigenvalue weighted by Crippen LogP contribution is 2.42. The van der Waals surface area contributed by atoms with Crippen molar-refractivity contribution in [2.45, 2.75) is 38.8 Å². The molecule has 2 aromatic rings. The molecule has 2 aliphatic rings. The van der Waals surface area contributed by atoms with Crippen LogP contribution in [-0.4, -0.2) is 71.6 Å². The quantitative estimate of drug-likeness (QED) is 0.339. The summed E-state index contributed by atoms with van der Waals surface area (Å²) in [5.41, 5.74) is 2.01. The van der Waals surface area contributed by atoms with Crippen molar-refractivity contribution in [2.24, 2.45) is 0 Å². The van der Waals surface area contributed by atoms with Crippen LogP contribution in [0.5, 0.6) is 17.2 Å². The lowest BCUT2D eigenvalue weighted by Gasteiger charge is -2.26. The highest BCUT2D eigenvalue weighted by atomic mass is 16.5. The Balaban J connectivity index is 1.81. The van der Waals surface area contributed by atoms with Crippen LogP contribution in [0.25, 0.3) is 5.76 Å². The first-order chi connectivity index (χ1) is 16.7. The molecule has 0 aliphatic carbocycles. The van der Waals surface area contributed by atoms with Gasteiger partial charge in [-0.3, -0.25) is 9.59 Å². The maximum atomic E-state index is 13.2. The van der Waals surface area contributed by atoms with Crippen LogP contribution in [0, 0.1) is 0 Å². The number of aromatic hydroxyl groups is 1. The predicted molar refractivity (Wildman–Crippen MR) is 132 cm³/mol. The summed E-state index contributed by atoms with van der Waals surface area (Å²) >= 11 is 0. The molecule has 0 saturated carbocycles. The number of fused-ring (bicyclic) bond motifs is 1. The van der Waals surface area contributed by atoms with Crippen LogP contribution in [0.15, 0.2) is 42.0 Å². The van der Waals surface area contributed by atoms with Gasteiger partial charge in [-0.05, 0) is 82.4 Å². The molecule has 0 spiro atoms. The molecule has 8 nitrogen and oxygen atoms in total. The summed E-state index contributed by atoms with van der Waals surface area (Å²) in [6, 6.07) is 9.25. The third kappa shape index (κ3) is 4.84.